The molecule has 20 heavy (non-hydrogen) atoms. The number of nitrogens with zero attached hydrogens (tertiary/aromatic N) is 1. The van der Waals surface area contributed by atoms with Crippen molar-refractivity contribution in [3.05, 3.63) is 22.4 Å². The first kappa shape index (κ1) is 14.4. The lowest BCUT2D eigenvalue weighted by atomic mass is 9.96. The van der Waals surface area contributed by atoms with Crippen molar-refractivity contribution in [2.24, 2.45) is 0 Å². The zero-order valence-corrected chi connectivity index (χ0v) is 11.9. The lowest BCUT2D eigenvalue weighted by molar-refractivity contribution is 0.0469. The number of carbonyl (C=O) groups is 1. The van der Waals surface area contributed by atoms with Gasteiger partial charge in [0, 0.05) is 0 Å². The van der Waals surface area contributed by atoms with Gasteiger partial charge in [-0.05, 0) is 33.1 Å². The molecule has 0 unspecified atom stereocenters. The van der Waals surface area contributed by atoms with E-state index in [1.165, 1.54) is 13.3 Å². The summed E-state index contributed by atoms with van der Waals surface area (Å²) in [6.07, 6.45) is 3.74. The van der Waals surface area contributed by atoms with Crippen LogP contribution in [0.4, 0.5) is 4.79 Å². The third kappa shape index (κ3) is 3.09. The van der Waals surface area contributed by atoms with E-state index in [9.17, 15) is 9.59 Å². The Bertz CT molecular complexity index is 549. The Morgan fingerprint density at radius 2 is 2.20 bits per heavy atom. The van der Waals surface area contributed by atoms with Gasteiger partial charge >= 0.3 is 6.09 Å². The molecule has 0 bridgehead atoms. The van der Waals surface area contributed by atoms with Crippen molar-refractivity contribution in [1.82, 2.24) is 15.3 Å². The van der Waals surface area contributed by atoms with Crippen molar-refractivity contribution in [3.63, 3.8) is 0 Å². The molecule has 1 heterocycles. The standard InChI is InChI=1S/C13H19N3O4/c1-13(2,16-12(18)20-8-5-4-6-8)11-14-7-9(19-3)10(17)15-11/h7-8H,4-6H2,1-3H3,(H,16,18)(H,14,15,17). The molecule has 1 aromatic rings. The molecule has 0 atom stereocenters. The van der Waals surface area contributed by atoms with Crippen LogP contribution in [0, 0.1) is 0 Å². The smallest absolute Gasteiger partial charge is 0.408 e. The number of hydrogen-bond acceptors (Lipinski definition) is 5. The van der Waals surface area contributed by atoms with Crippen LogP contribution < -0.4 is 15.6 Å². The van der Waals surface area contributed by atoms with Gasteiger partial charge in [-0.15, -0.1) is 0 Å². The Hall–Kier alpha value is -2.05. The SMILES string of the molecule is COc1cnc(C(C)(C)NC(=O)OC2CCC2)[nH]c1=O. The van der Waals surface area contributed by atoms with Gasteiger partial charge in [0.1, 0.15) is 11.9 Å². The van der Waals surface area contributed by atoms with E-state index in [0.717, 1.165) is 19.3 Å². The molecule has 1 saturated carbocycles. The predicted molar refractivity (Wildman–Crippen MR) is 71.7 cm³/mol. The number of ether oxygens (including phenoxy) is 2. The highest BCUT2D eigenvalue weighted by molar-refractivity contribution is 5.68. The van der Waals surface area contributed by atoms with Crippen LogP contribution in [0.15, 0.2) is 11.0 Å². The summed E-state index contributed by atoms with van der Waals surface area (Å²) in [6.45, 7) is 3.47. The average molecular weight is 281 g/mol. The quantitative estimate of drug-likeness (QED) is 0.867. The molecule has 0 saturated heterocycles. The second kappa shape index (κ2) is 5.52. The lowest BCUT2D eigenvalue weighted by Gasteiger charge is -2.29. The maximum Gasteiger partial charge on any atom is 0.408 e. The van der Waals surface area contributed by atoms with Gasteiger partial charge in [-0.2, -0.15) is 0 Å². The Kier molecular flexibility index (Phi) is 3.96. The molecule has 2 N–H and O–H groups in total. The lowest BCUT2D eigenvalue weighted by Crippen LogP contribution is -2.45. The second-order valence-corrected chi connectivity index (χ2v) is 5.34. The van der Waals surface area contributed by atoms with Crippen LogP contribution in [-0.4, -0.2) is 29.3 Å². The van der Waals surface area contributed by atoms with Crippen LogP contribution in [-0.2, 0) is 10.3 Å². The highest BCUT2D eigenvalue weighted by atomic mass is 16.6. The molecule has 1 aromatic heterocycles. The highest BCUT2D eigenvalue weighted by Crippen LogP contribution is 2.23. The van der Waals surface area contributed by atoms with Crippen LogP contribution in [0.2, 0.25) is 0 Å². The van der Waals surface area contributed by atoms with Crippen LogP contribution >= 0.6 is 0 Å². The van der Waals surface area contributed by atoms with Gasteiger partial charge in [0.2, 0.25) is 5.75 Å². The number of rotatable bonds is 4. The topological polar surface area (TPSA) is 93.3 Å². The molecule has 0 spiro atoms. The van der Waals surface area contributed by atoms with E-state index in [4.69, 9.17) is 9.47 Å². The number of aromatic nitrogens is 2. The van der Waals surface area contributed by atoms with Crippen LogP contribution in [0.5, 0.6) is 5.75 Å². The number of methoxy groups -OCH3 is 1. The van der Waals surface area contributed by atoms with E-state index >= 15 is 0 Å². The summed E-state index contributed by atoms with van der Waals surface area (Å²) in [6, 6.07) is 0. The fraction of sp³-hybridized carbons (Fsp3) is 0.615. The van der Waals surface area contributed by atoms with Crippen LogP contribution in [0.1, 0.15) is 38.9 Å². The Balaban J connectivity index is 2.06. The minimum absolute atomic E-state index is 0.00803. The monoisotopic (exact) mass is 281 g/mol. The molecule has 7 nitrogen and oxygen atoms in total. The van der Waals surface area contributed by atoms with Crippen molar-refractivity contribution in [2.75, 3.05) is 7.11 Å². The number of carbonyl (C=O) groups excluding carboxylic acids is 1. The zero-order valence-electron chi connectivity index (χ0n) is 11.9. The van der Waals surface area contributed by atoms with E-state index in [1.807, 2.05) is 0 Å². The summed E-state index contributed by atoms with van der Waals surface area (Å²) < 4.78 is 10.1. The maximum absolute atomic E-state index is 11.8. The maximum atomic E-state index is 11.8. The van der Waals surface area contributed by atoms with E-state index in [1.54, 1.807) is 13.8 Å². The summed E-state index contributed by atoms with van der Waals surface area (Å²) in [5.41, 5.74) is -1.23. The summed E-state index contributed by atoms with van der Waals surface area (Å²) in [5.74, 6) is 0.468. The van der Waals surface area contributed by atoms with Crippen molar-refractivity contribution < 1.29 is 14.3 Å². The number of nitrogens with one attached hydrogen (secondary N) is 2. The molecule has 2 rings (SSSR count). The largest absolute Gasteiger partial charge is 0.490 e. The van der Waals surface area contributed by atoms with Gasteiger partial charge in [0.15, 0.2) is 0 Å². The van der Waals surface area contributed by atoms with Gasteiger partial charge in [0.05, 0.1) is 18.8 Å². The summed E-state index contributed by atoms with van der Waals surface area (Å²) in [7, 11) is 1.39. The number of hydrogen-bond donors (Lipinski definition) is 2. The van der Waals surface area contributed by atoms with E-state index < -0.39 is 11.6 Å². The third-order valence-corrected chi connectivity index (χ3v) is 3.32. The molecule has 0 aromatic carbocycles. The zero-order chi connectivity index (χ0) is 14.8. The fourth-order valence-corrected chi connectivity index (χ4v) is 1.83. The number of alkyl carbamates (subject to hydrolysis) is 1. The van der Waals surface area contributed by atoms with E-state index in [0.29, 0.717) is 5.82 Å². The average Bonchev–Trinajstić information content (AvgIpc) is 2.33. The minimum Gasteiger partial charge on any atom is -0.490 e. The number of H-pyrrole nitrogens is 1. The van der Waals surface area contributed by atoms with Crippen molar-refractivity contribution in [1.29, 1.82) is 0 Å². The first-order valence-electron chi connectivity index (χ1n) is 6.55. The highest BCUT2D eigenvalue weighted by Gasteiger charge is 2.29. The van der Waals surface area contributed by atoms with E-state index in [-0.39, 0.29) is 17.4 Å². The second-order valence-electron chi connectivity index (χ2n) is 5.34. The number of amides is 1. The molecule has 0 radical (unpaired) electrons. The van der Waals surface area contributed by atoms with Crippen LogP contribution in [0.3, 0.4) is 0 Å². The molecule has 1 aliphatic carbocycles. The van der Waals surface area contributed by atoms with Crippen molar-refractivity contribution in [3.8, 4) is 5.75 Å². The van der Waals surface area contributed by atoms with Gasteiger partial charge in [-0.1, -0.05) is 0 Å². The number of aromatic amines is 1. The molecule has 0 aliphatic heterocycles. The molecular formula is C13H19N3O4. The van der Waals surface area contributed by atoms with Gasteiger partial charge in [0.25, 0.3) is 5.56 Å². The Morgan fingerprint density at radius 1 is 1.50 bits per heavy atom. The summed E-state index contributed by atoms with van der Waals surface area (Å²) in [4.78, 5) is 30.1. The molecule has 1 aliphatic rings. The molecule has 110 valence electrons. The summed E-state index contributed by atoms with van der Waals surface area (Å²) >= 11 is 0. The first-order valence-corrected chi connectivity index (χ1v) is 6.55. The summed E-state index contributed by atoms with van der Waals surface area (Å²) in [5, 5.41) is 2.70. The fourth-order valence-electron chi connectivity index (χ4n) is 1.83. The molecule has 1 amide bonds. The van der Waals surface area contributed by atoms with Crippen LogP contribution in [0.25, 0.3) is 0 Å². The normalized spacial score (nSPS) is 15.3. The first-order chi connectivity index (χ1) is 9.42. The predicted octanol–water partition coefficient (Wildman–Crippen LogP) is 1.29. The third-order valence-electron chi connectivity index (χ3n) is 3.32. The molecule has 1 fully saturated rings. The van der Waals surface area contributed by atoms with Gasteiger partial charge < -0.3 is 19.8 Å². The Labute approximate surface area is 116 Å². The van der Waals surface area contributed by atoms with E-state index in [2.05, 4.69) is 15.3 Å². The van der Waals surface area contributed by atoms with Gasteiger partial charge in [-0.3, -0.25) is 4.79 Å². The Morgan fingerprint density at radius 3 is 2.70 bits per heavy atom. The van der Waals surface area contributed by atoms with Crippen molar-refractivity contribution >= 4 is 6.09 Å². The van der Waals surface area contributed by atoms with Crippen molar-refractivity contribution in [2.45, 2.75) is 44.8 Å². The molecule has 7 heteroatoms. The molecular weight excluding hydrogens is 262 g/mol. The van der Waals surface area contributed by atoms with Gasteiger partial charge in [-0.25, -0.2) is 9.78 Å². The minimum atomic E-state index is -0.841.